The smallest absolute Gasteiger partial charge is 0.137 e. The molecule has 4 aromatic rings. The summed E-state index contributed by atoms with van der Waals surface area (Å²) in [5.74, 6) is 6.98. The zero-order chi connectivity index (χ0) is 70.5. The standard InChI is InChI=1S/C18H24Br3NO3.C17H23Br2NO3.2C17H23Cl2NO3/c1-12(2)15-10-14(23-9-6-17(20)21)11-16(19)18(15)24-7-5-8-25-22-13(3)4;3*1-12(2)20-23-8-5-7-22-17-13(3)10-15(11-14(17)4)21-9-6-16(18)19/h6,10-12H,5,7-9H2,1-4H3;3*6,10-11H,5,7-9H2,1-4H3. The third kappa shape index (κ3) is 43.1. The summed E-state index contributed by atoms with van der Waals surface area (Å²) < 4.78 is 49.1. The molecular weight excluding hydrogens is 1620 g/mol. The van der Waals surface area contributed by atoms with Crippen molar-refractivity contribution in [2.24, 2.45) is 20.6 Å². The van der Waals surface area contributed by atoms with E-state index < -0.39 is 0 Å². The zero-order valence-corrected chi connectivity index (χ0v) is 67.9. The van der Waals surface area contributed by atoms with Crippen LogP contribution in [0, 0.1) is 41.5 Å². The fraction of sp³-hybridized carbons (Fsp3) is 0.478. The van der Waals surface area contributed by atoms with E-state index in [-0.39, 0.29) is 8.98 Å². The maximum absolute atomic E-state index is 5.98. The molecule has 0 amide bonds. The Morgan fingerprint density at radius 2 is 0.606 bits per heavy atom. The second-order valence-electron chi connectivity index (χ2n) is 21.7. The largest absolute Gasteiger partial charge is 0.493 e. The van der Waals surface area contributed by atoms with Crippen molar-refractivity contribution in [2.45, 2.75) is 142 Å². The minimum Gasteiger partial charge on any atom is -0.493 e. The van der Waals surface area contributed by atoms with Gasteiger partial charge < -0.3 is 57.2 Å². The molecule has 524 valence electrons. The number of oxime groups is 4. The van der Waals surface area contributed by atoms with Gasteiger partial charge in [0.05, 0.1) is 60.5 Å². The van der Waals surface area contributed by atoms with Crippen LogP contribution in [-0.2, 0) is 19.4 Å². The number of aryl methyl sites for hydroxylation is 6. The molecule has 0 bridgehead atoms. The quantitative estimate of drug-likeness (QED) is 0.0239. The molecule has 0 radical (unpaired) electrons. The summed E-state index contributed by atoms with van der Waals surface area (Å²) in [6.07, 6.45) is 10.1. The molecule has 25 heteroatoms. The van der Waals surface area contributed by atoms with Crippen LogP contribution in [0.5, 0.6) is 46.0 Å². The lowest BCUT2D eigenvalue weighted by Gasteiger charge is -2.17. The molecule has 0 fully saturated rings. The van der Waals surface area contributed by atoms with E-state index in [1.807, 2.05) is 158 Å². The molecule has 0 aliphatic rings. The maximum atomic E-state index is 5.98. The van der Waals surface area contributed by atoms with Gasteiger partial charge in [0.25, 0.3) is 0 Å². The molecule has 0 aliphatic carbocycles. The highest BCUT2D eigenvalue weighted by molar-refractivity contribution is 9.28. The third-order valence-electron chi connectivity index (χ3n) is 11.4. The van der Waals surface area contributed by atoms with Crippen molar-refractivity contribution < 1.29 is 57.2 Å². The molecule has 0 saturated heterocycles. The Bertz CT molecular complexity index is 2820. The third-order valence-corrected chi connectivity index (χ3v) is 13.9. The molecule has 4 aromatic carbocycles. The van der Waals surface area contributed by atoms with E-state index in [9.17, 15) is 0 Å². The van der Waals surface area contributed by atoms with Gasteiger partial charge in [-0.3, -0.25) is 0 Å². The van der Waals surface area contributed by atoms with Gasteiger partial charge in [0.15, 0.2) is 0 Å². The summed E-state index contributed by atoms with van der Waals surface area (Å²) in [6.45, 7) is 37.5. The molecule has 0 aliphatic heterocycles. The monoisotopic (exact) mass is 1700 g/mol. The Morgan fingerprint density at radius 1 is 0.362 bits per heavy atom. The molecule has 94 heavy (non-hydrogen) atoms. The number of nitrogens with zero attached hydrogens (tertiary/aromatic N) is 4. The summed E-state index contributed by atoms with van der Waals surface area (Å²) >= 11 is 39.0. The molecule has 0 heterocycles. The van der Waals surface area contributed by atoms with Gasteiger partial charge in [-0.2, -0.15) is 0 Å². The van der Waals surface area contributed by atoms with Crippen molar-refractivity contribution in [3.05, 3.63) is 132 Å². The first-order valence-electron chi connectivity index (χ1n) is 30.3. The number of benzene rings is 4. The number of halogens is 9. The van der Waals surface area contributed by atoms with Gasteiger partial charge in [0, 0.05) is 31.2 Å². The molecule has 0 saturated carbocycles. The van der Waals surface area contributed by atoms with Crippen molar-refractivity contribution in [3.8, 4) is 46.0 Å². The maximum Gasteiger partial charge on any atom is 0.137 e. The second kappa shape index (κ2) is 51.8. The number of ether oxygens (including phenoxy) is 8. The number of hydrogen-bond donors (Lipinski definition) is 0. The van der Waals surface area contributed by atoms with Crippen LogP contribution >= 0.6 is 126 Å². The first-order valence-corrected chi connectivity index (χ1v) is 35.7. The number of hydrogen-bond acceptors (Lipinski definition) is 16. The van der Waals surface area contributed by atoms with Crippen LogP contribution in [0.2, 0.25) is 0 Å². The van der Waals surface area contributed by atoms with Crippen molar-refractivity contribution in [2.75, 3.05) is 79.3 Å². The second-order valence-corrected chi connectivity index (χ2v) is 30.1. The van der Waals surface area contributed by atoms with Gasteiger partial charge >= 0.3 is 0 Å². The molecule has 16 nitrogen and oxygen atoms in total. The van der Waals surface area contributed by atoms with Gasteiger partial charge in [0.1, 0.15) is 108 Å². The van der Waals surface area contributed by atoms with Crippen LogP contribution in [0.4, 0.5) is 0 Å². The van der Waals surface area contributed by atoms with Crippen LogP contribution < -0.4 is 37.9 Å². The van der Waals surface area contributed by atoms with Crippen molar-refractivity contribution in [1.82, 2.24) is 0 Å². The molecule has 0 aromatic heterocycles. The lowest BCUT2D eigenvalue weighted by Crippen LogP contribution is -2.06. The van der Waals surface area contributed by atoms with Gasteiger partial charge in [-0.05, 0) is 289 Å². The normalized spacial score (nSPS) is 10.1. The Hall–Kier alpha value is -4.32. The highest BCUT2D eigenvalue weighted by atomic mass is 79.9. The molecule has 0 atom stereocenters. The van der Waals surface area contributed by atoms with Crippen molar-refractivity contribution >= 4 is 149 Å². The van der Waals surface area contributed by atoms with Crippen LogP contribution in [0.1, 0.15) is 140 Å². The Kier molecular flexibility index (Phi) is 48.4. The zero-order valence-electron chi connectivity index (χ0n) is 56.9. The minimum absolute atomic E-state index is 0.197. The first kappa shape index (κ1) is 87.7. The SMILES string of the molecule is CC(C)=NOCCCOc1c(Br)cc(OCC=C(Br)Br)cc1C(C)C.CC(C)=NOCCCOc1c(C)cc(OCC=C(Br)Br)cc1C.CC(C)=NOCCCOc1c(C)cc(OCC=C(Cl)Cl)cc1C.CC(C)=NOCCCOc1c(C)cc(OCC=C(Cl)Cl)cc1C. The highest BCUT2D eigenvalue weighted by Crippen LogP contribution is 2.38. The Balaban J connectivity index is 0.000000627. The summed E-state index contributed by atoms with van der Waals surface area (Å²) in [5.41, 5.74) is 10.9. The van der Waals surface area contributed by atoms with Crippen LogP contribution in [0.25, 0.3) is 0 Å². The topological polar surface area (TPSA) is 160 Å². The van der Waals surface area contributed by atoms with E-state index in [2.05, 4.69) is 114 Å². The average Bonchev–Trinajstić information content (AvgIpc) is 0.876. The summed E-state index contributed by atoms with van der Waals surface area (Å²) in [6, 6.07) is 15.7. The molecular formula is C69H93Br5Cl4N4O12. The lowest BCUT2D eigenvalue weighted by molar-refractivity contribution is 0.127. The van der Waals surface area contributed by atoms with E-state index >= 15 is 0 Å². The molecule has 0 spiro atoms. The van der Waals surface area contributed by atoms with E-state index in [0.29, 0.717) is 85.2 Å². The van der Waals surface area contributed by atoms with E-state index in [1.54, 1.807) is 12.2 Å². The van der Waals surface area contributed by atoms with E-state index in [0.717, 1.165) is 145 Å². The van der Waals surface area contributed by atoms with Gasteiger partial charge in [-0.15, -0.1) is 0 Å². The minimum atomic E-state index is 0.197. The fourth-order valence-corrected chi connectivity index (χ4v) is 8.96. The Morgan fingerprint density at radius 3 is 0.840 bits per heavy atom. The Labute approximate surface area is 621 Å². The summed E-state index contributed by atoms with van der Waals surface area (Å²) in [5, 5.41) is 15.6. The predicted molar refractivity (Wildman–Crippen MR) is 409 cm³/mol. The molecule has 0 unspecified atom stereocenters. The molecule has 0 N–H and O–H groups in total. The highest BCUT2D eigenvalue weighted by Gasteiger charge is 2.16. The average molecular weight is 1710 g/mol. The predicted octanol–water partition coefficient (Wildman–Crippen LogP) is 22.6. The molecule has 4 rings (SSSR count). The van der Waals surface area contributed by atoms with Crippen molar-refractivity contribution in [3.63, 3.8) is 0 Å². The van der Waals surface area contributed by atoms with E-state index in [4.69, 9.17) is 104 Å². The van der Waals surface area contributed by atoms with Crippen LogP contribution in [0.3, 0.4) is 0 Å². The van der Waals surface area contributed by atoms with Crippen molar-refractivity contribution in [1.29, 1.82) is 0 Å². The number of rotatable bonds is 37. The first-order chi connectivity index (χ1) is 44.5. The fourth-order valence-electron chi connectivity index (χ4n) is 7.61. The van der Waals surface area contributed by atoms with Gasteiger partial charge in [-0.25, -0.2) is 0 Å². The van der Waals surface area contributed by atoms with Crippen LogP contribution in [0.15, 0.2) is 114 Å². The van der Waals surface area contributed by atoms with Crippen LogP contribution in [-0.4, -0.2) is 102 Å². The lowest BCUT2D eigenvalue weighted by atomic mass is 10.0. The van der Waals surface area contributed by atoms with E-state index in [1.165, 1.54) is 0 Å². The van der Waals surface area contributed by atoms with Gasteiger partial charge in [0.2, 0.25) is 0 Å². The van der Waals surface area contributed by atoms with Gasteiger partial charge in [-0.1, -0.05) is 80.9 Å². The summed E-state index contributed by atoms with van der Waals surface area (Å²) in [4.78, 5) is 20.6. The summed E-state index contributed by atoms with van der Waals surface area (Å²) in [7, 11) is 0.